The smallest absolute Gasteiger partial charge is 0.318 e. The van der Waals surface area contributed by atoms with Crippen LogP contribution in [0.3, 0.4) is 0 Å². The fourth-order valence-electron chi connectivity index (χ4n) is 1.66. The van der Waals surface area contributed by atoms with E-state index in [4.69, 9.17) is 11.6 Å². The molecule has 0 fully saturated rings. The molecule has 0 saturated carbocycles. The lowest BCUT2D eigenvalue weighted by Crippen LogP contribution is -2.19. The van der Waals surface area contributed by atoms with Gasteiger partial charge in [-0.1, -0.05) is 0 Å². The molecule has 18 heavy (non-hydrogen) atoms. The van der Waals surface area contributed by atoms with Crippen molar-refractivity contribution in [3.05, 3.63) is 29.6 Å². The van der Waals surface area contributed by atoms with Gasteiger partial charge >= 0.3 is 6.18 Å². The van der Waals surface area contributed by atoms with Crippen molar-refractivity contribution in [2.45, 2.75) is 18.6 Å². The van der Waals surface area contributed by atoms with Gasteiger partial charge in [0.1, 0.15) is 23.7 Å². The van der Waals surface area contributed by atoms with E-state index in [2.05, 4.69) is 4.98 Å². The monoisotopic (exact) mass is 284 g/mol. The normalized spacial score (nSPS) is 12.3. The van der Waals surface area contributed by atoms with Crippen molar-refractivity contribution < 1.29 is 22.0 Å². The summed E-state index contributed by atoms with van der Waals surface area (Å²) >= 11 is 5.46. The molecular weight excluding hydrogens is 279 g/mol. The van der Waals surface area contributed by atoms with Gasteiger partial charge in [-0.05, 0) is 6.07 Å². The van der Waals surface area contributed by atoms with Gasteiger partial charge in [0.15, 0.2) is 5.82 Å². The van der Waals surface area contributed by atoms with E-state index in [0.29, 0.717) is 10.6 Å². The lowest BCUT2D eigenvalue weighted by molar-refractivity contribution is -0.140. The van der Waals surface area contributed by atoms with Crippen molar-refractivity contribution in [1.82, 2.24) is 9.55 Å². The van der Waals surface area contributed by atoms with E-state index in [1.54, 1.807) is 0 Å². The Morgan fingerprint density at radius 3 is 2.44 bits per heavy atom. The molecule has 98 valence electrons. The summed E-state index contributed by atoms with van der Waals surface area (Å²) < 4.78 is 64.2. The van der Waals surface area contributed by atoms with Gasteiger partial charge in [0, 0.05) is 6.07 Å². The summed E-state index contributed by atoms with van der Waals surface area (Å²) in [4.78, 5) is 3.65. The first kappa shape index (κ1) is 13.1. The summed E-state index contributed by atoms with van der Waals surface area (Å²) in [6.45, 7) is -1.39. The maximum Gasteiger partial charge on any atom is 0.406 e. The maximum atomic E-state index is 13.4. The average Bonchev–Trinajstić information content (AvgIpc) is 2.55. The molecular formula is C10H6ClF5N2. The molecule has 0 bridgehead atoms. The number of fused-ring (bicyclic) bond motifs is 1. The summed E-state index contributed by atoms with van der Waals surface area (Å²) in [7, 11) is 0. The molecule has 1 heterocycles. The highest BCUT2D eigenvalue weighted by Gasteiger charge is 2.30. The molecule has 2 aromatic rings. The van der Waals surface area contributed by atoms with Gasteiger partial charge in [-0.15, -0.1) is 11.6 Å². The predicted octanol–water partition coefficient (Wildman–Crippen LogP) is 3.62. The van der Waals surface area contributed by atoms with E-state index >= 15 is 0 Å². The van der Waals surface area contributed by atoms with Crippen LogP contribution in [0.5, 0.6) is 0 Å². The Labute approximate surface area is 103 Å². The number of hydrogen-bond donors (Lipinski definition) is 0. The summed E-state index contributed by atoms with van der Waals surface area (Å²) in [5, 5.41) is 0. The van der Waals surface area contributed by atoms with Gasteiger partial charge in [0.25, 0.3) is 0 Å². The first-order valence-electron chi connectivity index (χ1n) is 4.78. The standard InChI is InChI=1S/C10H6ClF5N2/c11-3-8-17-9-6(13)1-5(12)2-7(9)18(8)4-10(14,15)16/h1-2H,3-4H2. The Bertz CT molecular complexity index is 590. The average molecular weight is 285 g/mol. The molecule has 0 spiro atoms. The van der Waals surface area contributed by atoms with Gasteiger partial charge in [-0.25, -0.2) is 13.8 Å². The van der Waals surface area contributed by atoms with Gasteiger partial charge in [0.05, 0.1) is 11.4 Å². The van der Waals surface area contributed by atoms with Crippen LogP contribution in [0.15, 0.2) is 12.1 Å². The van der Waals surface area contributed by atoms with E-state index in [1.165, 1.54) is 0 Å². The highest BCUT2D eigenvalue weighted by atomic mass is 35.5. The van der Waals surface area contributed by atoms with E-state index in [0.717, 1.165) is 6.07 Å². The maximum absolute atomic E-state index is 13.4. The topological polar surface area (TPSA) is 17.8 Å². The van der Waals surface area contributed by atoms with Crippen LogP contribution in [0.1, 0.15) is 5.82 Å². The molecule has 1 aromatic heterocycles. The Hall–Kier alpha value is -1.37. The number of imidazole rings is 1. The van der Waals surface area contributed by atoms with Gasteiger partial charge in [0.2, 0.25) is 0 Å². The van der Waals surface area contributed by atoms with Crippen molar-refractivity contribution in [2.24, 2.45) is 0 Å². The SMILES string of the molecule is Fc1cc(F)c2nc(CCl)n(CC(F)(F)F)c2c1. The first-order chi connectivity index (χ1) is 8.31. The molecule has 0 N–H and O–H groups in total. The zero-order chi connectivity index (χ0) is 13.5. The van der Waals surface area contributed by atoms with E-state index < -0.39 is 24.4 Å². The Balaban J connectivity index is 2.68. The number of benzene rings is 1. The van der Waals surface area contributed by atoms with E-state index in [1.807, 2.05) is 0 Å². The van der Waals surface area contributed by atoms with Crippen LogP contribution in [-0.2, 0) is 12.4 Å². The van der Waals surface area contributed by atoms with E-state index in [9.17, 15) is 22.0 Å². The van der Waals surface area contributed by atoms with Crippen molar-refractivity contribution in [3.63, 3.8) is 0 Å². The minimum Gasteiger partial charge on any atom is -0.318 e. The zero-order valence-electron chi connectivity index (χ0n) is 8.73. The molecule has 0 aliphatic carbocycles. The summed E-state index contributed by atoms with van der Waals surface area (Å²) in [6.07, 6.45) is -4.53. The van der Waals surface area contributed by atoms with Gasteiger partial charge in [-0.2, -0.15) is 13.2 Å². The minimum atomic E-state index is -4.53. The second kappa shape index (κ2) is 4.38. The van der Waals surface area contributed by atoms with Crippen LogP contribution >= 0.6 is 11.6 Å². The third kappa shape index (κ3) is 2.40. The van der Waals surface area contributed by atoms with Crippen molar-refractivity contribution in [2.75, 3.05) is 0 Å². The molecule has 2 nitrogen and oxygen atoms in total. The molecule has 0 unspecified atom stereocenters. The highest BCUT2D eigenvalue weighted by Crippen LogP contribution is 2.26. The van der Waals surface area contributed by atoms with Crippen LogP contribution in [0.4, 0.5) is 22.0 Å². The Morgan fingerprint density at radius 1 is 1.22 bits per heavy atom. The number of alkyl halides is 4. The summed E-state index contributed by atoms with van der Waals surface area (Å²) in [5.41, 5.74) is -0.586. The van der Waals surface area contributed by atoms with Gasteiger partial charge in [-0.3, -0.25) is 0 Å². The fourth-order valence-corrected chi connectivity index (χ4v) is 1.86. The minimum absolute atomic E-state index is 0.159. The number of nitrogens with zero attached hydrogens (tertiary/aromatic N) is 2. The van der Waals surface area contributed by atoms with Crippen LogP contribution < -0.4 is 0 Å². The van der Waals surface area contributed by atoms with Crippen molar-refractivity contribution in [3.8, 4) is 0 Å². The van der Waals surface area contributed by atoms with Crippen molar-refractivity contribution in [1.29, 1.82) is 0 Å². The third-order valence-electron chi connectivity index (χ3n) is 2.31. The quantitative estimate of drug-likeness (QED) is 0.608. The Kier molecular flexibility index (Phi) is 3.18. The number of rotatable bonds is 2. The lowest BCUT2D eigenvalue weighted by Gasteiger charge is -2.10. The molecule has 0 amide bonds. The number of halogens is 6. The molecule has 0 radical (unpaired) electrons. The van der Waals surface area contributed by atoms with Crippen LogP contribution in [-0.4, -0.2) is 15.7 Å². The Morgan fingerprint density at radius 2 is 1.89 bits per heavy atom. The second-order valence-corrected chi connectivity index (χ2v) is 3.89. The van der Waals surface area contributed by atoms with Crippen molar-refractivity contribution >= 4 is 22.6 Å². The molecule has 0 atom stereocenters. The van der Waals surface area contributed by atoms with Crippen LogP contribution in [0.25, 0.3) is 11.0 Å². The van der Waals surface area contributed by atoms with Crippen LogP contribution in [0, 0.1) is 11.6 Å². The highest BCUT2D eigenvalue weighted by molar-refractivity contribution is 6.16. The largest absolute Gasteiger partial charge is 0.406 e. The summed E-state index contributed by atoms with van der Waals surface area (Å²) in [6, 6.07) is 1.36. The molecule has 2 rings (SSSR count). The first-order valence-corrected chi connectivity index (χ1v) is 5.32. The number of hydrogen-bond acceptors (Lipinski definition) is 1. The molecule has 0 aliphatic rings. The predicted molar refractivity (Wildman–Crippen MR) is 55.3 cm³/mol. The fraction of sp³-hybridized carbons (Fsp3) is 0.300. The molecule has 0 aliphatic heterocycles. The number of aromatic nitrogens is 2. The molecule has 8 heteroatoms. The molecule has 1 aromatic carbocycles. The molecule has 0 saturated heterocycles. The summed E-state index contributed by atoms with van der Waals surface area (Å²) in [5.74, 6) is -2.47. The van der Waals surface area contributed by atoms with E-state index in [-0.39, 0.29) is 22.7 Å². The lowest BCUT2D eigenvalue weighted by atomic mass is 10.3. The second-order valence-electron chi connectivity index (χ2n) is 3.62. The van der Waals surface area contributed by atoms with Crippen LogP contribution in [0.2, 0.25) is 0 Å². The zero-order valence-corrected chi connectivity index (χ0v) is 9.49. The van der Waals surface area contributed by atoms with Gasteiger partial charge < -0.3 is 4.57 Å². The third-order valence-corrected chi connectivity index (χ3v) is 2.55.